The van der Waals surface area contributed by atoms with E-state index in [-0.39, 0.29) is 13.5 Å². The van der Waals surface area contributed by atoms with Gasteiger partial charge in [-0.2, -0.15) is 13.5 Å². The van der Waals surface area contributed by atoms with Crippen molar-refractivity contribution in [3.63, 3.8) is 0 Å². The van der Waals surface area contributed by atoms with Crippen molar-refractivity contribution >= 4 is 13.5 Å². The number of nitrogens with one attached hydrogen (secondary N) is 2. The molecule has 0 radical (unpaired) electrons. The summed E-state index contributed by atoms with van der Waals surface area (Å²) in [7, 11) is 0. The molecule has 0 heterocycles. The van der Waals surface area contributed by atoms with E-state index in [0.29, 0.717) is 0 Å². The standard InChI is InChI=1S/2C4H11N.H2S/c2*1-3-5-4-2;/h2*5H,3-4H2,1-2H3;1H2. The van der Waals surface area contributed by atoms with E-state index in [2.05, 4.69) is 38.3 Å². The molecule has 0 aliphatic carbocycles. The molecule has 0 aromatic rings. The van der Waals surface area contributed by atoms with E-state index in [9.17, 15) is 0 Å². The van der Waals surface area contributed by atoms with Crippen molar-refractivity contribution in [3.8, 4) is 0 Å². The van der Waals surface area contributed by atoms with Crippen LogP contribution in [0.5, 0.6) is 0 Å². The van der Waals surface area contributed by atoms with E-state index < -0.39 is 0 Å². The van der Waals surface area contributed by atoms with E-state index >= 15 is 0 Å². The first-order valence-electron chi connectivity index (χ1n) is 4.24. The Labute approximate surface area is 78.6 Å². The minimum Gasteiger partial charge on any atom is -0.317 e. The van der Waals surface area contributed by atoms with E-state index in [1.54, 1.807) is 0 Å². The van der Waals surface area contributed by atoms with Crippen LogP contribution in [0, 0.1) is 0 Å². The molecule has 72 valence electrons. The minimum absolute atomic E-state index is 0. The molecular formula is C8H24N2S. The van der Waals surface area contributed by atoms with Crippen molar-refractivity contribution in [1.82, 2.24) is 10.6 Å². The highest BCUT2D eigenvalue weighted by molar-refractivity contribution is 7.59. The van der Waals surface area contributed by atoms with Gasteiger partial charge in [0.2, 0.25) is 0 Å². The molecule has 11 heavy (non-hydrogen) atoms. The van der Waals surface area contributed by atoms with Gasteiger partial charge >= 0.3 is 0 Å². The van der Waals surface area contributed by atoms with Gasteiger partial charge in [-0.15, -0.1) is 0 Å². The lowest BCUT2D eigenvalue weighted by Gasteiger charge is -1.86. The predicted octanol–water partition coefficient (Wildman–Crippen LogP) is 1.34. The van der Waals surface area contributed by atoms with Gasteiger partial charge in [0.05, 0.1) is 0 Å². The number of hydrogen-bond acceptors (Lipinski definition) is 2. The van der Waals surface area contributed by atoms with Crippen LogP contribution >= 0.6 is 13.5 Å². The van der Waals surface area contributed by atoms with Gasteiger partial charge < -0.3 is 10.6 Å². The molecule has 0 saturated heterocycles. The number of hydrogen-bond donors (Lipinski definition) is 2. The van der Waals surface area contributed by atoms with Crippen LogP contribution in [-0.2, 0) is 0 Å². The molecule has 0 atom stereocenters. The molecule has 0 aromatic carbocycles. The maximum absolute atomic E-state index is 3.11. The van der Waals surface area contributed by atoms with Gasteiger partial charge in [0.25, 0.3) is 0 Å². The molecule has 0 aliphatic rings. The quantitative estimate of drug-likeness (QED) is 0.682. The topological polar surface area (TPSA) is 24.1 Å². The molecule has 3 heteroatoms. The molecule has 0 amide bonds. The van der Waals surface area contributed by atoms with E-state index in [0.717, 1.165) is 26.2 Å². The summed E-state index contributed by atoms with van der Waals surface area (Å²) in [5.74, 6) is 0. The summed E-state index contributed by atoms with van der Waals surface area (Å²) in [4.78, 5) is 0. The van der Waals surface area contributed by atoms with E-state index in [1.807, 2.05) is 0 Å². The van der Waals surface area contributed by atoms with Crippen molar-refractivity contribution < 1.29 is 0 Å². The predicted molar refractivity (Wildman–Crippen MR) is 58.8 cm³/mol. The fourth-order valence-corrected chi connectivity index (χ4v) is 0.500. The zero-order valence-corrected chi connectivity index (χ0v) is 9.33. The molecular weight excluding hydrogens is 156 g/mol. The van der Waals surface area contributed by atoms with E-state index in [4.69, 9.17) is 0 Å². The van der Waals surface area contributed by atoms with Crippen LogP contribution in [0.25, 0.3) is 0 Å². The van der Waals surface area contributed by atoms with Crippen LogP contribution in [0.3, 0.4) is 0 Å². The fourth-order valence-electron chi connectivity index (χ4n) is 0.500. The second-order valence-electron chi connectivity index (χ2n) is 1.91. The van der Waals surface area contributed by atoms with Crippen LogP contribution in [0.15, 0.2) is 0 Å². The van der Waals surface area contributed by atoms with Crippen LogP contribution in [-0.4, -0.2) is 26.2 Å². The Morgan fingerprint density at radius 2 is 0.818 bits per heavy atom. The summed E-state index contributed by atoms with van der Waals surface area (Å²) < 4.78 is 0. The Bertz CT molecular complexity index is 33.1. The molecule has 2 N–H and O–H groups in total. The Morgan fingerprint density at radius 3 is 0.818 bits per heavy atom. The first kappa shape index (κ1) is 17.4. The van der Waals surface area contributed by atoms with Crippen LogP contribution < -0.4 is 10.6 Å². The van der Waals surface area contributed by atoms with Crippen molar-refractivity contribution in [2.24, 2.45) is 0 Å². The molecule has 0 fully saturated rings. The molecule has 0 spiro atoms. The SMILES string of the molecule is CCNCC.CCNCC.S. The summed E-state index contributed by atoms with van der Waals surface area (Å²) in [6.45, 7) is 12.8. The second kappa shape index (κ2) is 22.4. The fraction of sp³-hybridized carbons (Fsp3) is 1.00. The highest BCUT2D eigenvalue weighted by Gasteiger charge is 1.63. The summed E-state index contributed by atoms with van der Waals surface area (Å²) in [5.41, 5.74) is 0. The molecule has 0 aromatic heterocycles. The third-order valence-corrected chi connectivity index (χ3v) is 1.000. The summed E-state index contributed by atoms with van der Waals surface area (Å²) in [6, 6.07) is 0. The largest absolute Gasteiger partial charge is 0.317 e. The van der Waals surface area contributed by atoms with Gasteiger partial charge in [-0.25, -0.2) is 0 Å². The molecule has 2 nitrogen and oxygen atoms in total. The van der Waals surface area contributed by atoms with Gasteiger partial charge in [0, 0.05) is 0 Å². The Hall–Kier alpha value is 0.270. The number of rotatable bonds is 4. The average Bonchev–Trinajstić information content (AvgIpc) is 1.93. The smallest absolute Gasteiger partial charge is 0.00775 e. The normalized spacial score (nSPS) is 7.64. The van der Waals surface area contributed by atoms with Crippen molar-refractivity contribution in [1.29, 1.82) is 0 Å². The lowest BCUT2D eigenvalue weighted by atomic mass is 10.7. The van der Waals surface area contributed by atoms with Gasteiger partial charge in [0.15, 0.2) is 0 Å². The van der Waals surface area contributed by atoms with Crippen molar-refractivity contribution in [2.45, 2.75) is 27.7 Å². The average molecular weight is 180 g/mol. The minimum atomic E-state index is 0. The molecule has 0 unspecified atom stereocenters. The monoisotopic (exact) mass is 180 g/mol. The van der Waals surface area contributed by atoms with E-state index in [1.165, 1.54) is 0 Å². The van der Waals surface area contributed by atoms with Gasteiger partial charge in [-0.1, -0.05) is 27.7 Å². The molecule has 0 saturated carbocycles. The first-order valence-corrected chi connectivity index (χ1v) is 4.24. The van der Waals surface area contributed by atoms with Crippen LogP contribution in [0.4, 0.5) is 0 Å². The summed E-state index contributed by atoms with van der Waals surface area (Å²) in [5, 5.41) is 6.22. The second-order valence-corrected chi connectivity index (χ2v) is 1.91. The lowest BCUT2D eigenvalue weighted by Crippen LogP contribution is -2.09. The highest BCUT2D eigenvalue weighted by Crippen LogP contribution is 1.48. The Morgan fingerprint density at radius 1 is 0.636 bits per heavy atom. The van der Waals surface area contributed by atoms with Gasteiger partial charge in [-0.05, 0) is 26.2 Å². The Kier molecular flexibility index (Phi) is 35.5. The third kappa shape index (κ3) is 38.5. The molecule has 0 rings (SSSR count). The van der Waals surface area contributed by atoms with Gasteiger partial charge in [0.1, 0.15) is 0 Å². The first-order chi connectivity index (χ1) is 4.83. The zero-order valence-electron chi connectivity index (χ0n) is 8.33. The molecule has 0 aliphatic heterocycles. The van der Waals surface area contributed by atoms with Crippen molar-refractivity contribution in [3.05, 3.63) is 0 Å². The zero-order chi connectivity index (χ0) is 8.24. The third-order valence-electron chi connectivity index (χ3n) is 1.000. The summed E-state index contributed by atoms with van der Waals surface area (Å²) >= 11 is 0. The molecule has 0 bridgehead atoms. The summed E-state index contributed by atoms with van der Waals surface area (Å²) in [6.07, 6.45) is 0. The lowest BCUT2D eigenvalue weighted by molar-refractivity contribution is 0.762. The Balaban J connectivity index is -0.000000107. The maximum Gasteiger partial charge on any atom is -0.00775 e. The van der Waals surface area contributed by atoms with Gasteiger partial charge in [-0.3, -0.25) is 0 Å². The maximum atomic E-state index is 3.11. The van der Waals surface area contributed by atoms with Crippen LogP contribution in [0.2, 0.25) is 0 Å². The van der Waals surface area contributed by atoms with Crippen molar-refractivity contribution in [2.75, 3.05) is 26.2 Å². The van der Waals surface area contributed by atoms with Crippen LogP contribution in [0.1, 0.15) is 27.7 Å². The highest BCUT2D eigenvalue weighted by atomic mass is 32.1.